The number of hydrogen-bond donors (Lipinski definition) is 1. The van der Waals surface area contributed by atoms with E-state index < -0.39 is 6.04 Å². The van der Waals surface area contributed by atoms with Crippen LogP contribution in [0.5, 0.6) is 5.75 Å². The van der Waals surface area contributed by atoms with Crippen LogP contribution in [0.1, 0.15) is 32.3 Å². The Morgan fingerprint density at radius 3 is 2.75 bits per heavy atom. The van der Waals surface area contributed by atoms with Crippen molar-refractivity contribution >= 4 is 11.7 Å². The minimum atomic E-state index is -0.483. The van der Waals surface area contributed by atoms with Crippen molar-refractivity contribution in [3.8, 4) is 11.8 Å². The fourth-order valence-electron chi connectivity index (χ4n) is 1.90. The van der Waals surface area contributed by atoms with Gasteiger partial charge in [0.2, 0.25) is 0 Å². The first-order chi connectivity index (χ1) is 9.67. The number of methoxy groups -OCH3 is 1. The molecule has 0 aliphatic carbocycles. The van der Waals surface area contributed by atoms with Crippen molar-refractivity contribution in [2.75, 3.05) is 19.0 Å². The van der Waals surface area contributed by atoms with Gasteiger partial charge in [-0.25, -0.2) is 4.79 Å². The third-order valence-electron chi connectivity index (χ3n) is 2.83. The van der Waals surface area contributed by atoms with Crippen LogP contribution in [-0.4, -0.2) is 25.7 Å². The Bertz CT molecular complexity index is 494. The molecule has 1 unspecified atom stereocenters. The van der Waals surface area contributed by atoms with Crippen LogP contribution in [0.4, 0.5) is 5.69 Å². The SMILES string of the molecule is CCCC(Nc1c(C#N)cccc1OC)C(=O)OCC. The van der Waals surface area contributed by atoms with Crippen molar-refractivity contribution in [2.45, 2.75) is 32.7 Å². The lowest BCUT2D eigenvalue weighted by Gasteiger charge is -2.20. The molecule has 0 spiro atoms. The van der Waals surface area contributed by atoms with E-state index in [0.29, 0.717) is 30.0 Å². The maximum Gasteiger partial charge on any atom is 0.328 e. The van der Waals surface area contributed by atoms with Gasteiger partial charge in [0.25, 0.3) is 0 Å². The predicted octanol–water partition coefficient (Wildman–Crippen LogP) is 2.71. The van der Waals surface area contributed by atoms with Gasteiger partial charge in [0.05, 0.1) is 25.0 Å². The third-order valence-corrected chi connectivity index (χ3v) is 2.83. The Labute approximate surface area is 119 Å². The van der Waals surface area contributed by atoms with E-state index in [-0.39, 0.29) is 5.97 Å². The van der Waals surface area contributed by atoms with Gasteiger partial charge in [0.15, 0.2) is 0 Å². The molecule has 0 aliphatic rings. The van der Waals surface area contributed by atoms with Crippen LogP contribution in [0.25, 0.3) is 0 Å². The van der Waals surface area contributed by atoms with E-state index in [1.807, 2.05) is 6.92 Å². The standard InChI is InChI=1S/C15H20N2O3/c1-4-7-12(15(18)20-5-2)17-14-11(10-16)8-6-9-13(14)19-3/h6,8-9,12,17H,4-5,7H2,1-3H3. The Balaban J connectivity index is 3.04. The summed E-state index contributed by atoms with van der Waals surface area (Å²) in [6.45, 7) is 4.09. The number of anilines is 1. The van der Waals surface area contributed by atoms with E-state index in [4.69, 9.17) is 14.7 Å². The molecular weight excluding hydrogens is 256 g/mol. The molecule has 0 bridgehead atoms. The molecule has 0 saturated heterocycles. The molecule has 1 rings (SSSR count). The minimum Gasteiger partial charge on any atom is -0.495 e. The number of nitrogens with zero attached hydrogens (tertiary/aromatic N) is 1. The normalized spacial score (nSPS) is 11.3. The lowest BCUT2D eigenvalue weighted by molar-refractivity contribution is -0.144. The maximum absolute atomic E-state index is 11.9. The highest BCUT2D eigenvalue weighted by atomic mass is 16.5. The molecule has 1 atom stereocenters. The zero-order chi connectivity index (χ0) is 15.0. The lowest BCUT2D eigenvalue weighted by Crippen LogP contribution is -2.31. The number of benzene rings is 1. The lowest BCUT2D eigenvalue weighted by atomic mass is 10.1. The van der Waals surface area contributed by atoms with Crippen LogP contribution in [0.3, 0.4) is 0 Å². The maximum atomic E-state index is 11.9. The molecule has 0 heterocycles. The van der Waals surface area contributed by atoms with Gasteiger partial charge in [-0.2, -0.15) is 5.26 Å². The Kier molecular flexibility index (Phi) is 6.38. The van der Waals surface area contributed by atoms with E-state index in [2.05, 4.69) is 11.4 Å². The van der Waals surface area contributed by atoms with Gasteiger partial charge in [-0.3, -0.25) is 0 Å². The van der Waals surface area contributed by atoms with Crippen LogP contribution in [0.15, 0.2) is 18.2 Å². The van der Waals surface area contributed by atoms with Gasteiger partial charge < -0.3 is 14.8 Å². The zero-order valence-electron chi connectivity index (χ0n) is 12.1. The van der Waals surface area contributed by atoms with Crippen molar-refractivity contribution in [3.05, 3.63) is 23.8 Å². The van der Waals surface area contributed by atoms with Gasteiger partial charge in [-0.15, -0.1) is 0 Å². The average Bonchev–Trinajstić information content (AvgIpc) is 2.47. The number of para-hydroxylation sites is 1. The number of ether oxygens (including phenoxy) is 2. The smallest absolute Gasteiger partial charge is 0.328 e. The van der Waals surface area contributed by atoms with Gasteiger partial charge in [0.1, 0.15) is 17.9 Å². The summed E-state index contributed by atoms with van der Waals surface area (Å²) in [6, 6.07) is 6.78. The van der Waals surface area contributed by atoms with Gasteiger partial charge in [0, 0.05) is 0 Å². The summed E-state index contributed by atoms with van der Waals surface area (Å²) >= 11 is 0. The first-order valence-corrected chi connectivity index (χ1v) is 6.68. The van der Waals surface area contributed by atoms with E-state index in [1.54, 1.807) is 25.1 Å². The number of esters is 1. The van der Waals surface area contributed by atoms with Crippen LogP contribution < -0.4 is 10.1 Å². The highest BCUT2D eigenvalue weighted by molar-refractivity contribution is 5.81. The fraction of sp³-hybridized carbons (Fsp3) is 0.467. The molecule has 5 heteroatoms. The van der Waals surface area contributed by atoms with Gasteiger partial charge in [-0.1, -0.05) is 19.4 Å². The summed E-state index contributed by atoms with van der Waals surface area (Å²) in [4.78, 5) is 11.9. The molecule has 108 valence electrons. The van der Waals surface area contributed by atoms with E-state index >= 15 is 0 Å². The van der Waals surface area contributed by atoms with Crippen molar-refractivity contribution in [1.82, 2.24) is 0 Å². The molecular formula is C15H20N2O3. The Morgan fingerprint density at radius 1 is 1.45 bits per heavy atom. The highest BCUT2D eigenvalue weighted by Gasteiger charge is 2.21. The minimum absolute atomic E-state index is 0.316. The highest BCUT2D eigenvalue weighted by Crippen LogP contribution is 2.29. The second kappa shape index (κ2) is 8.05. The fourth-order valence-corrected chi connectivity index (χ4v) is 1.90. The Morgan fingerprint density at radius 2 is 2.20 bits per heavy atom. The summed E-state index contributed by atoms with van der Waals surface area (Å²) in [7, 11) is 1.53. The number of hydrogen-bond acceptors (Lipinski definition) is 5. The van der Waals surface area contributed by atoms with Crippen molar-refractivity contribution in [3.63, 3.8) is 0 Å². The summed E-state index contributed by atoms with van der Waals surface area (Å²) < 4.78 is 10.3. The molecule has 0 saturated carbocycles. The quantitative estimate of drug-likeness (QED) is 0.775. The van der Waals surface area contributed by atoms with Crippen LogP contribution in [0.2, 0.25) is 0 Å². The second-order valence-corrected chi connectivity index (χ2v) is 4.23. The second-order valence-electron chi connectivity index (χ2n) is 4.23. The molecule has 0 aliphatic heterocycles. The molecule has 20 heavy (non-hydrogen) atoms. The number of carbonyl (C=O) groups excluding carboxylic acids is 1. The molecule has 1 aromatic rings. The van der Waals surface area contributed by atoms with Crippen LogP contribution in [-0.2, 0) is 9.53 Å². The average molecular weight is 276 g/mol. The molecule has 0 amide bonds. The number of carbonyl (C=O) groups is 1. The summed E-state index contributed by atoms with van der Waals surface area (Å²) in [5, 5.41) is 12.2. The summed E-state index contributed by atoms with van der Waals surface area (Å²) in [5.74, 6) is 0.221. The van der Waals surface area contributed by atoms with Crippen LogP contribution in [0, 0.1) is 11.3 Å². The van der Waals surface area contributed by atoms with Gasteiger partial charge in [-0.05, 0) is 25.5 Å². The summed E-state index contributed by atoms with van der Waals surface area (Å²) in [5.41, 5.74) is 0.971. The monoisotopic (exact) mass is 276 g/mol. The summed E-state index contributed by atoms with van der Waals surface area (Å²) in [6.07, 6.45) is 1.45. The van der Waals surface area contributed by atoms with Crippen molar-refractivity contribution < 1.29 is 14.3 Å². The van der Waals surface area contributed by atoms with Crippen molar-refractivity contribution in [2.24, 2.45) is 0 Å². The topological polar surface area (TPSA) is 71.3 Å². The molecule has 0 radical (unpaired) electrons. The van der Waals surface area contributed by atoms with E-state index in [1.165, 1.54) is 7.11 Å². The molecule has 0 fully saturated rings. The van der Waals surface area contributed by atoms with E-state index in [9.17, 15) is 4.79 Å². The predicted molar refractivity (Wildman–Crippen MR) is 76.7 cm³/mol. The third kappa shape index (κ3) is 3.89. The molecule has 1 aromatic carbocycles. The Hall–Kier alpha value is -2.22. The number of nitriles is 1. The zero-order valence-corrected chi connectivity index (χ0v) is 12.1. The molecule has 5 nitrogen and oxygen atoms in total. The largest absolute Gasteiger partial charge is 0.495 e. The van der Waals surface area contributed by atoms with E-state index in [0.717, 1.165) is 6.42 Å². The molecule has 0 aromatic heterocycles. The van der Waals surface area contributed by atoms with Gasteiger partial charge >= 0.3 is 5.97 Å². The number of nitrogens with one attached hydrogen (secondary N) is 1. The first-order valence-electron chi connectivity index (χ1n) is 6.68. The van der Waals surface area contributed by atoms with Crippen LogP contribution >= 0.6 is 0 Å². The first kappa shape index (κ1) is 15.8. The number of rotatable bonds is 7. The van der Waals surface area contributed by atoms with Crippen molar-refractivity contribution in [1.29, 1.82) is 5.26 Å². The molecule has 1 N–H and O–H groups in total.